The fourth-order valence-corrected chi connectivity index (χ4v) is 5.37. The van der Waals surface area contributed by atoms with Gasteiger partial charge in [0.05, 0.1) is 16.9 Å². The minimum atomic E-state index is -5.43. The first-order valence-electron chi connectivity index (χ1n) is 8.66. The number of amides is 2. The number of para-hydroxylation sites is 2. The van der Waals surface area contributed by atoms with Crippen molar-refractivity contribution in [1.82, 2.24) is 0 Å². The highest BCUT2D eigenvalue weighted by Crippen LogP contribution is 2.34. The monoisotopic (exact) mass is 508 g/mol. The van der Waals surface area contributed by atoms with E-state index in [0.717, 1.165) is 32.0 Å². The van der Waals surface area contributed by atoms with Crippen LogP contribution in [0.25, 0.3) is 0 Å². The number of carbonyl (C=O) groups excluding carboxylic acids is 3. The highest BCUT2D eigenvalue weighted by atomic mass is 32.3. The molecule has 2 aromatic rings. The van der Waals surface area contributed by atoms with Gasteiger partial charge in [0.2, 0.25) is 11.8 Å². The standard InChI is InChI=1S/C18H15F3N2O8S2/c1-10(24)22-13-7-3-4-8-14(13)32(27,28)31-33(29,30)15-9-5-6-12(16(15)23-11(2)25)17(26)18(19,20)21/h3-9H,1-2H3,(H,22,24)(H,23,25). The summed E-state index contributed by atoms with van der Waals surface area (Å²) in [5.41, 5.74) is -2.70. The molecule has 178 valence electrons. The number of benzene rings is 2. The fourth-order valence-electron chi connectivity index (χ4n) is 2.56. The molecule has 2 rings (SSSR count). The van der Waals surface area contributed by atoms with E-state index in [2.05, 4.69) is 8.95 Å². The number of nitrogens with one attached hydrogen (secondary N) is 2. The Morgan fingerprint density at radius 3 is 1.85 bits per heavy atom. The van der Waals surface area contributed by atoms with Crippen LogP contribution in [0.1, 0.15) is 24.2 Å². The summed E-state index contributed by atoms with van der Waals surface area (Å²) in [5.74, 6) is -4.22. The fraction of sp³-hybridized carbons (Fsp3) is 0.167. The number of ketones is 1. The van der Waals surface area contributed by atoms with Crippen molar-refractivity contribution >= 4 is 49.2 Å². The predicted octanol–water partition coefficient (Wildman–Crippen LogP) is 2.44. The zero-order valence-electron chi connectivity index (χ0n) is 16.8. The second-order valence-electron chi connectivity index (χ2n) is 6.34. The minimum absolute atomic E-state index is 0.330. The second kappa shape index (κ2) is 9.29. The van der Waals surface area contributed by atoms with E-state index in [9.17, 15) is 44.4 Å². The molecule has 0 atom stereocenters. The van der Waals surface area contributed by atoms with Crippen molar-refractivity contribution in [3.63, 3.8) is 0 Å². The molecule has 2 amide bonds. The Kier molecular flexibility index (Phi) is 7.30. The highest BCUT2D eigenvalue weighted by Gasteiger charge is 2.42. The van der Waals surface area contributed by atoms with Crippen LogP contribution in [0.2, 0.25) is 0 Å². The van der Waals surface area contributed by atoms with Crippen molar-refractivity contribution in [3.8, 4) is 0 Å². The molecule has 2 N–H and O–H groups in total. The molecule has 0 saturated heterocycles. The number of hydrogen-bond donors (Lipinski definition) is 2. The third-order valence-electron chi connectivity index (χ3n) is 3.74. The zero-order valence-corrected chi connectivity index (χ0v) is 18.4. The van der Waals surface area contributed by atoms with Gasteiger partial charge in [-0.05, 0) is 24.3 Å². The summed E-state index contributed by atoms with van der Waals surface area (Å²) in [4.78, 5) is 32.5. The van der Waals surface area contributed by atoms with Crippen molar-refractivity contribution in [2.75, 3.05) is 10.6 Å². The van der Waals surface area contributed by atoms with E-state index in [0.29, 0.717) is 12.1 Å². The maximum Gasteiger partial charge on any atom is 0.454 e. The van der Waals surface area contributed by atoms with E-state index in [1.54, 1.807) is 5.32 Å². The first kappa shape index (κ1) is 26.0. The lowest BCUT2D eigenvalue weighted by Gasteiger charge is -2.16. The summed E-state index contributed by atoms with van der Waals surface area (Å²) in [6.45, 7) is 1.89. The Labute approximate surface area is 186 Å². The number of alkyl halides is 3. The largest absolute Gasteiger partial charge is 0.454 e. The zero-order chi connectivity index (χ0) is 25.2. The third-order valence-corrected chi connectivity index (χ3v) is 6.95. The molecule has 10 nitrogen and oxygen atoms in total. The summed E-state index contributed by atoms with van der Waals surface area (Å²) < 4.78 is 94.0. The average Bonchev–Trinajstić information content (AvgIpc) is 2.65. The molecule has 2 aromatic carbocycles. The molecule has 0 heterocycles. The molecule has 15 heteroatoms. The van der Waals surface area contributed by atoms with E-state index < -0.39 is 65.1 Å². The lowest BCUT2D eigenvalue weighted by molar-refractivity contribution is -0.115. The molecular weight excluding hydrogens is 493 g/mol. The molecule has 0 aliphatic carbocycles. The second-order valence-corrected chi connectivity index (χ2v) is 9.58. The minimum Gasteiger partial charge on any atom is -0.325 e. The van der Waals surface area contributed by atoms with Crippen LogP contribution >= 0.6 is 0 Å². The summed E-state index contributed by atoms with van der Waals surface area (Å²) in [6.07, 6.45) is -5.43. The van der Waals surface area contributed by atoms with Gasteiger partial charge in [0.1, 0.15) is 9.79 Å². The maximum absolute atomic E-state index is 12.9. The van der Waals surface area contributed by atoms with Crippen molar-refractivity contribution in [2.24, 2.45) is 0 Å². The number of carbonyl (C=O) groups is 3. The maximum atomic E-state index is 12.9. The predicted molar refractivity (Wildman–Crippen MR) is 107 cm³/mol. The van der Waals surface area contributed by atoms with E-state index in [1.165, 1.54) is 12.1 Å². The number of anilines is 2. The van der Waals surface area contributed by atoms with Crippen LogP contribution in [0.15, 0.2) is 52.3 Å². The molecule has 0 unspecified atom stereocenters. The van der Waals surface area contributed by atoms with Crippen LogP contribution in [0, 0.1) is 0 Å². The number of hydrogen-bond acceptors (Lipinski definition) is 8. The molecular formula is C18H15F3N2O8S2. The number of halogens is 3. The Balaban J connectivity index is 2.65. The smallest absolute Gasteiger partial charge is 0.325 e. The molecule has 0 spiro atoms. The van der Waals surface area contributed by atoms with Gasteiger partial charge >= 0.3 is 26.4 Å². The summed E-state index contributed by atoms with van der Waals surface area (Å²) in [5, 5.41) is 3.96. The molecule has 33 heavy (non-hydrogen) atoms. The highest BCUT2D eigenvalue weighted by molar-refractivity contribution is 8.00. The van der Waals surface area contributed by atoms with E-state index >= 15 is 0 Å². The normalized spacial score (nSPS) is 12.2. The van der Waals surface area contributed by atoms with Gasteiger partial charge in [0.15, 0.2) is 0 Å². The van der Waals surface area contributed by atoms with Gasteiger partial charge < -0.3 is 10.6 Å². The van der Waals surface area contributed by atoms with E-state index in [1.807, 2.05) is 0 Å². The van der Waals surface area contributed by atoms with Gasteiger partial charge in [-0.1, -0.05) is 18.2 Å². The van der Waals surface area contributed by atoms with Gasteiger partial charge in [-0.25, -0.2) is 0 Å². The lowest BCUT2D eigenvalue weighted by Crippen LogP contribution is -2.26. The first-order valence-corrected chi connectivity index (χ1v) is 11.5. The van der Waals surface area contributed by atoms with Crippen LogP contribution < -0.4 is 10.6 Å². The first-order chi connectivity index (χ1) is 15.1. The molecule has 0 saturated carbocycles. The SMILES string of the molecule is CC(=O)Nc1ccccc1S(=O)(=O)OS(=O)(=O)c1cccc(C(=O)C(F)(F)F)c1NC(C)=O. The van der Waals surface area contributed by atoms with Crippen LogP contribution in [0.3, 0.4) is 0 Å². The number of Topliss-reactive ketones (excluding diaryl/α,β-unsaturated/α-hetero) is 1. The lowest BCUT2D eigenvalue weighted by atomic mass is 10.1. The summed E-state index contributed by atoms with van der Waals surface area (Å²) in [6, 6.07) is 6.55. The van der Waals surface area contributed by atoms with E-state index in [-0.39, 0.29) is 5.69 Å². The van der Waals surface area contributed by atoms with Crippen molar-refractivity contribution in [3.05, 3.63) is 48.0 Å². The molecule has 0 radical (unpaired) electrons. The van der Waals surface area contributed by atoms with Gasteiger partial charge in [0.25, 0.3) is 5.78 Å². The third kappa shape index (κ3) is 6.15. The Morgan fingerprint density at radius 1 is 0.788 bits per heavy atom. The van der Waals surface area contributed by atoms with Gasteiger partial charge in [-0.2, -0.15) is 30.0 Å². The van der Waals surface area contributed by atoms with Crippen LogP contribution in [-0.2, 0) is 33.5 Å². The molecule has 0 aliphatic rings. The molecule has 0 aliphatic heterocycles. The Hall–Kier alpha value is -3.30. The van der Waals surface area contributed by atoms with Gasteiger partial charge in [0, 0.05) is 13.8 Å². The van der Waals surface area contributed by atoms with Crippen molar-refractivity contribution < 1.29 is 48.0 Å². The van der Waals surface area contributed by atoms with Gasteiger partial charge in [-0.3, -0.25) is 14.4 Å². The molecule has 0 fully saturated rings. The summed E-state index contributed by atoms with van der Waals surface area (Å²) >= 11 is 0. The number of rotatable bonds is 7. The van der Waals surface area contributed by atoms with Gasteiger partial charge in [-0.15, -0.1) is 3.63 Å². The topological polar surface area (TPSA) is 153 Å². The molecule has 0 aromatic heterocycles. The molecule has 0 bridgehead atoms. The Morgan fingerprint density at radius 2 is 1.30 bits per heavy atom. The van der Waals surface area contributed by atoms with Crippen molar-refractivity contribution in [1.29, 1.82) is 0 Å². The quantitative estimate of drug-likeness (QED) is 0.541. The average molecular weight is 508 g/mol. The van der Waals surface area contributed by atoms with Crippen LogP contribution in [0.5, 0.6) is 0 Å². The Bertz CT molecular complexity index is 1340. The van der Waals surface area contributed by atoms with E-state index in [4.69, 9.17) is 0 Å². The van der Waals surface area contributed by atoms with Crippen LogP contribution in [-0.4, -0.2) is 40.6 Å². The van der Waals surface area contributed by atoms with Crippen LogP contribution in [0.4, 0.5) is 24.5 Å². The van der Waals surface area contributed by atoms with Crippen molar-refractivity contribution in [2.45, 2.75) is 29.8 Å². The summed E-state index contributed by atoms with van der Waals surface area (Å²) in [7, 11) is -10.6.